The first-order valence-electron chi connectivity index (χ1n) is 3.92. The Labute approximate surface area is 80.0 Å². The molecule has 1 aromatic carbocycles. The second-order valence-electron chi connectivity index (χ2n) is 3.06. The normalized spacial score (nSPS) is 11.1. The molecule has 0 saturated carbocycles. The summed E-state index contributed by atoms with van der Waals surface area (Å²) < 4.78 is 37.2. The number of halogens is 3. The fourth-order valence-corrected chi connectivity index (χ4v) is 1.12. The van der Waals surface area contributed by atoms with E-state index < -0.39 is 11.7 Å². The lowest BCUT2D eigenvalue weighted by molar-refractivity contribution is -0.136. The zero-order valence-electron chi connectivity index (χ0n) is 7.74. The van der Waals surface area contributed by atoms with Gasteiger partial charge in [0.15, 0.2) is 5.69 Å². The summed E-state index contributed by atoms with van der Waals surface area (Å²) in [5.74, 6) is 0. The molecule has 1 aromatic rings. The third-order valence-electron chi connectivity index (χ3n) is 2.04. The monoisotopic (exact) mass is 199 g/mol. The molecular weight excluding hydrogens is 191 g/mol. The second kappa shape index (κ2) is 3.33. The van der Waals surface area contributed by atoms with Gasteiger partial charge in [0.2, 0.25) is 0 Å². The van der Waals surface area contributed by atoms with E-state index in [0.717, 1.165) is 6.07 Å². The smallest absolute Gasteiger partial charge is 0.238 e. The molecule has 0 aromatic heterocycles. The van der Waals surface area contributed by atoms with Crippen LogP contribution in [0, 0.1) is 20.4 Å². The molecule has 0 aliphatic carbocycles. The van der Waals surface area contributed by atoms with Gasteiger partial charge >= 0.3 is 6.18 Å². The van der Waals surface area contributed by atoms with Gasteiger partial charge in [0, 0.05) is 0 Å². The summed E-state index contributed by atoms with van der Waals surface area (Å²) in [7, 11) is 0. The highest BCUT2D eigenvalue weighted by atomic mass is 19.4. The van der Waals surface area contributed by atoms with Gasteiger partial charge in [-0.25, -0.2) is 4.85 Å². The average Bonchev–Trinajstić information content (AvgIpc) is 2.07. The van der Waals surface area contributed by atoms with E-state index >= 15 is 0 Å². The van der Waals surface area contributed by atoms with Crippen molar-refractivity contribution in [3.05, 3.63) is 40.2 Å². The first-order valence-corrected chi connectivity index (χ1v) is 3.92. The summed E-state index contributed by atoms with van der Waals surface area (Å²) in [6, 6.07) is 2.29. The van der Waals surface area contributed by atoms with Crippen molar-refractivity contribution in [2.75, 3.05) is 0 Å². The molecule has 0 spiro atoms. The molecule has 0 aliphatic heterocycles. The minimum Gasteiger partial charge on any atom is -0.238 e. The van der Waals surface area contributed by atoms with Crippen LogP contribution in [0.4, 0.5) is 18.9 Å². The first-order chi connectivity index (χ1) is 6.36. The van der Waals surface area contributed by atoms with Crippen molar-refractivity contribution in [2.45, 2.75) is 20.0 Å². The maximum absolute atomic E-state index is 12.4. The van der Waals surface area contributed by atoms with E-state index in [9.17, 15) is 13.2 Å². The van der Waals surface area contributed by atoms with E-state index in [1.165, 1.54) is 6.07 Å². The zero-order chi connectivity index (χ0) is 10.9. The van der Waals surface area contributed by atoms with Gasteiger partial charge in [0.25, 0.3) is 0 Å². The lowest BCUT2D eigenvalue weighted by Crippen LogP contribution is -2.05. The predicted octanol–water partition coefficient (Wildman–Crippen LogP) is 3.87. The molecule has 74 valence electrons. The highest BCUT2D eigenvalue weighted by Crippen LogP contribution is 2.37. The van der Waals surface area contributed by atoms with Crippen molar-refractivity contribution in [3.8, 4) is 0 Å². The molecule has 4 heteroatoms. The molecule has 0 saturated heterocycles. The van der Waals surface area contributed by atoms with Gasteiger partial charge < -0.3 is 0 Å². The van der Waals surface area contributed by atoms with E-state index in [4.69, 9.17) is 6.57 Å². The molecule has 0 fully saturated rings. The summed E-state index contributed by atoms with van der Waals surface area (Å²) in [5, 5.41) is 0. The Bertz CT molecular complexity index is 399. The first kappa shape index (κ1) is 10.6. The highest BCUT2D eigenvalue weighted by molar-refractivity contribution is 5.57. The number of alkyl halides is 3. The Kier molecular flexibility index (Phi) is 2.52. The minimum atomic E-state index is -4.45. The standard InChI is InChI=1S/C10H8F3N/c1-6-4-8(10(11,12)13)9(14-3)5-7(6)2/h4-5H,1-2H3. The van der Waals surface area contributed by atoms with Gasteiger partial charge in [-0.05, 0) is 13.8 Å². The lowest BCUT2D eigenvalue weighted by Gasteiger charge is -2.11. The number of rotatable bonds is 0. The Morgan fingerprint density at radius 3 is 2.07 bits per heavy atom. The fourth-order valence-electron chi connectivity index (χ4n) is 1.12. The maximum Gasteiger partial charge on any atom is 0.407 e. The molecule has 0 unspecified atom stereocenters. The summed E-state index contributed by atoms with van der Waals surface area (Å²) >= 11 is 0. The van der Waals surface area contributed by atoms with Crippen LogP contribution in [0.15, 0.2) is 12.1 Å². The maximum atomic E-state index is 12.4. The van der Waals surface area contributed by atoms with Crippen molar-refractivity contribution in [2.24, 2.45) is 0 Å². The van der Waals surface area contributed by atoms with E-state index in [1.54, 1.807) is 13.8 Å². The van der Waals surface area contributed by atoms with Gasteiger partial charge in [-0.2, -0.15) is 13.2 Å². The minimum absolute atomic E-state index is 0.333. The number of hydrogen-bond donors (Lipinski definition) is 0. The Morgan fingerprint density at radius 2 is 1.64 bits per heavy atom. The summed E-state index contributed by atoms with van der Waals surface area (Å²) in [4.78, 5) is 2.87. The molecule has 0 radical (unpaired) electrons. The van der Waals surface area contributed by atoms with Crippen LogP contribution in [0.5, 0.6) is 0 Å². The van der Waals surface area contributed by atoms with Crippen molar-refractivity contribution >= 4 is 5.69 Å². The predicted molar refractivity (Wildman–Crippen MR) is 47.2 cm³/mol. The van der Waals surface area contributed by atoms with Crippen LogP contribution in [0.3, 0.4) is 0 Å². The third kappa shape index (κ3) is 1.87. The number of hydrogen-bond acceptors (Lipinski definition) is 0. The van der Waals surface area contributed by atoms with Crippen LogP contribution in [0.1, 0.15) is 16.7 Å². The largest absolute Gasteiger partial charge is 0.407 e. The van der Waals surface area contributed by atoms with Crippen LogP contribution in [0.2, 0.25) is 0 Å². The Balaban J connectivity index is 3.45. The van der Waals surface area contributed by atoms with Gasteiger partial charge in [-0.15, -0.1) is 0 Å². The van der Waals surface area contributed by atoms with Crippen LogP contribution in [0.25, 0.3) is 4.85 Å². The molecule has 0 heterocycles. The third-order valence-corrected chi connectivity index (χ3v) is 2.04. The van der Waals surface area contributed by atoms with Crippen LogP contribution >= 0.6 is 0 Å². The molecule has 0 aliphatic rings. The van der Waals surface area contributed by atoms with Crippen molar-refractivity contribution in [1.29, 1.82) is 0 Å². The van der Waals surface area contributed by atoms with Gasteiger partial charge in [0.1, 0.15) is 0 Å². The average molecular weight is 199 g/mol. The topological polar surface area (TPSA) is 4.36 Å². The van der Waals surface area contributed by atoms with E-state index in [1.807, 2.05) is 0 Å². The van der Waals surface area contributed by atoms with Gasteiger partial charge in [0.05, 0.1) is 12.1 Å². The Hall–Kier alpha value is -1.50. The van der Waals surface area contributed by atoms with E-state index in [-0.39, 0.29) is 5.69 Å². The number of nitrogens with zero attached hydrogens (tertiary/aromatic N) is 1. The molecule has 14 heavy (non-hydrogen) atoms. The molecule has 0 atom stereocenters. The van der Waals surface area contributed by atoms with Crippen molar-refractivity contribution in [3.63, 3.8) is 0 Å². The van der Waals surface area contributed by atoms with Crippen LogP contribution in [-0.4, -0.2) is 0 Å². The number of aryl methyl sites for hydroxylation is 2. The van der Waals surface area contributed by atoms with E-state index in [2.05, 4.69) is 4.85 Å². The molecule has 1 rings (SSSR count). The quantitative estimate of drug-likeness (QED) is 0.558. The SMILES string of the molecule is [C-]#[N+]c1cc(C)c(C)cc1C(F)(F)F. The van der Waals surface area contributed by atoms with Gasteiger partial charge in [-0.3, -0.25) is 0 Å². The summed E-state index contributed by atoms with van der Waals surface area (Å²) in [6.45, 7) is 9.94. The number of benzene rings is 1. The highest BCUT2D eigenvalue weighted by Gasteiger charge is 2.33. The second-order valence-corrected chi connectivity index (χ2v) is 3.06. The summed E-state index contributed by atoms with van der Waals surface area (Å²) in [6.07, 6.45) is -4.45. The lowest BCUT2D eigenvalue weighted by atomic mass is 10.0. The molecule has 0 N–H and O–H groups in total. The molecule has 0 bridgehead atoms. The summed E-state index contributed by atoms with van der Waals surface area (Å²) in [5.41, 5.74) is 0.0601. The fraction of sp³-hybridized carbons (Fsp3) is 0.300. The van der Waals surface area contributed by atoms with Crippen molar-refractivity contribution in [1.82, 2.24) is 0 Å². The molecule has 0 amide bonds. The molecular formula is C10H8F3N. The zero-order valence-corrected chi connectivity index (χ0v) is 7.74. The van der Waals surface area contributed by atoms with E-state index in [0.29, 0.717) is 11.1 Å². The van der Waals surface area contributed by atoms with Crippen molar-refractivity contribution < 1.29 is 13.2 Å². The Morgan fingerprint density at radius 1 is 1.14 bits per heavy atom. The van der Waals surface area contributed by atoms with Gasteiger partial charge in [-0.1, -0.05) is 23.3 Å². The van der Waals surface area contributed by atoms with Crippen LogP contribution in [-0.2, 0) is 6.18 Å². The van der Waals surface area contributed by atoms with Crippen LogP contribution < -0.4 is 0 Å². The molecule has 1 nitrogen and oxygen atoms in total.